The molecule has 4 bridgehead atoms. The Morgan fingerprint density at radius 1 is 1.16 bits per heavy atom. The number of alkyl carbamates (subject to hydrolysis) is 1. The second-order valence-electron chi connectivity index (χ2n) is 13.6. The Morgan fingerprint density at radius 3 is 2.41 bits per heavy atom. The molecule has 2 aliphatic heterocycles. The van der Waals surface area contributed by atoms with Crippen LogP contribution in [0.4, 0.5) is 10.5 Å². The smallest absolute Gasteiger partial charge is 0.409 e. The summed E-state index contributed by atoms with van der Waals surface area (Å²) in [6, 6.07) is 2.77. The Balaban J connectivity index is 2.20. The fourth-order valence-electron chi connectivity index (χ4n) is 6.36. The second kappa shape index (κ2) is 15.7. The molecule has 0 spiro atoms. The van der Waals surface area contributed by atoms with E-state index < -0.39 is 71.9 Å². The van der Waals surface area contributed by atoms with Gasteiger partial charge in [-0.05, 0) is 63.6 Å². The Kier molecular flexibility index (Phi) is 12.7. The Labute approximate surface area is 289 Å². The molecule has 13 nitrogen and oxygen atoms in total. The van der Waals surface area contributed by atoms with Gasteiger partial charge in [0.1, 0.15) is 35.7 Å². The van der Waals surface area contributed by atoms with Crippen LogP contribution < -0.4 is 15.0 Å². The number of fused-ring (bicyclic) bond motifs is 4. The van der Waals surface area contributed by atoms with Gasteiger partial charge in [-0.15, -0.1) is 0 Å². The van der Waals surface area contributed by atoms with Crippen LogP contribution in [0.5, 0.6) is 5.75 Å². The zero-order valence-electron chi connectivity index (χ0n) is 30.5. The largest absolute Gasteiger partial charge is 0.496 e. The van der Waals surface area contributed by atoms with E-state index in [1.165, 1.54) is 44.7 Å². The number of likely N-dealkylation sites (N-methyl/N-ethyl adjacent to an activating group) is 1. The van der Waals surface area contributed by atoms with E-state index in [9.17, 15) is 29.4 Å². The molecule has 2 heterocycles. The summed E-state index contributed by atoms with van der Waals surface area (Å²) in [5, 5.41) is 26.4. The molecule has 3 rings (SSSR count). The van der Waals surface area contributed by atoms with Crippen molar-refractivity contribution >= 4 is 29.6 Å². The molecule has 3 N–H and O–H groups in total. The number of aliphatic hydroxyl groups is 2. The van der Waals surface area contributed by atoms with Crippen molar-refractivity contribution in [3.63, 3.8) is 0 Å². The molecule has 1 saturated heterocycles. The maximum absolute atomic E-state index is 14.1. The fraction of sp³-hybridized carbons (Fsp3) is 0.611. The summed E-state index contributed by atoms with van der Waals surface area (Å²) in [4.78, 5) is 55.0. The van der Waals surface area contributed by atoms with Gasteiger partial charge in [0.05, 0.1) is 19.2 Å². The molecule has 0 unspecified atom stereocenters. The van der Waals surface area contributed by atoms with Gasteiger partial charge in [-0.3, -0.25) is 14.9 Å². The molecular formula is C36H53N3O10. The van der Waals surface area contributed by atoms with Crippen molar-refractivity contribution in [1.82, 2.24) is 10.2 Å². The number of nitrogens with one attached hydrogen (secondary N) is 1. The van der Waals surface area contributed by atoms with Crippen LogP contribution in [0, 0.1) is 18.8 Å². The Morgan fingerprint density at radius 2 is 1.82 bits per heavy atom. The molecule has 1 aromatic rings. The number of hydrogen-bond acceptors (Lipinski definition) is 10. The van der Waals surface area contributed by atoms with Crippen LogP contribution in [-0.4, -0.2) is 103 Å². The van der Waals surface area contributed by atoms with Crippen LogP contribution in [0.2, 0.25) is 0 Å². The number of carbonyl (C=O) groups excluding carboxylic acids is 4. The van der Waals surface area contributed by atoms with Gasteiger partial charge in [0.2, 0.25) is 11.8 Å². The summed E-state index contributed by atoms with van der Waals surface area (Å²) in [7, 11) is 6.03. The first-order valence-electron chi connectivity index (χ1n) is 16.5. The van der Waals surface area contributed by atoms with Gasteiger partial charge in [0.25, 0.3) is 0 Å². The summed E-state index contributed by atoms with van der Waals surface area (Å²) in [6.07, 6.45) is 1.13. The summed E-state index contributed by atoms with van der Waals surface area (Å²) in [5.74, 6) is -2.44. The summed E-state index contributed by atoms with van der Waals surface area (Å²) >= 11 is 0. The summed E-state index contributed by atoms with van der Waals surface area (Å²) in [6.45, 7) is 11.5. The lowest BCUT2D eigenvalue weighted by atomic mass is 9.73. The first-order valence-corrected chi connectivity index (χ1v) is 16.5. The number of carbonyl (C=O) groups is 4. The average molecular weight is 688 g/mol. The van der Waals surface area contributed by atoms with Crippen molar-refractivity contribution in [1.29, 1.82) is 0 Å². The first-order chi connectivity index (χ1) is 22.8. The standard InChI is InChI=1S/C36H53N3O10/c1-20-13-12-14-30(47-11)36(45)19-29(48-34(43)37-36)21(2)23(4)35(7,44)31(49-33(42)24(5)38(8)25(6)40)18-32(41)39(9)27-16-26(15-20)17-28(46-10)22(27)3/h12-14,16-17,21,23-24,29-31,44-45H,15,18-19H2,1-11H3,(H,37,43)/b14-12+,20-13+/t21-,23-,24-,29-,30+,31-,35+,36-/m0/s1. The highest BCUT2D eigenvalue weighted by Crippen LogP contribution is 2.39. The zero-order valence-corrected chi connectivity index (χ0v) is 30.5. The molecule has 0 aromatic heterocycles. The van der Waals surface area contributed by atoms with E-state index in [0.717, 1.165) is 11.1 Å². The highest BCUT2D eigenvalue weighted by Gasteiger charge is 2.51. The molecule has 1 aromatic carbocycles. The minimum absolute atomic E-state index is 0.0939. The third-order valence-corrected chi connectivity index (χ3v) is 10.3. The van der Waals surface area contributed by atoms with Gasteiger partial charge in [-0.1, -0.05) is 37.6 Å². The SMILES string of the molecule is COc1cc2cc(c1C)N(C)C(=O)C[C@H](OC(=O)[C@H](C)N(C)C(C)=O)[C@](C)(O)[C@@H](C)[C@H](C)[C@@H]1C[C@@](O)(NC(=O)O1)[C@H](OC)/C=C/C=C(\C)C2. The van der Waals surface area contributed by atoms with E-state index in [0.29, 0.717) is 23.4 Å². The number of ether oxygens (including phenoxy) is 4. The van der Waals surface area contributed by atoms with Gasteiger partial charge in [-0.2, -0.15) is 0 Å². The lowest BCUT2D eigenvalue weighted by Gasteiger charge is -2.46. The van der Waals surface area contributed by atoms with Crippen molar-refractivity contribution in [2.45, 2.75) is 103 Å². The van der Waals surface area contributed by atoms with E-state index in [1.807, 2.05) is 32.1 Å². The molecule has 0 aliphatic carbocycles. The summed E-state index contributed by atoms with van der Waals surface area (Å²) in [5.41, 5.74) is -0.625. The number of benzene rings is 1. The lowest BCUT2D eigenvalue weighted by Crippen LogP contribution is -2.64. The zero-order chi connectivity index (χ0) is 37.0. The number of rotatable bonds is 5. The highest BCUT2D eigenvalue weighted by molar-refractivity contribution is 5.94. The number of allylic oxidation sites excluding steroid dienone is 3. The van der Waals surface area contributed by atoms with Crippen LogP contribution in [0.25, 0.3) is 0 Å². The highest BCUT2D eigenvalue weighted by atomic mass is 16.6. The molecule has 2 aliphatic rings. The third-order valence-electron chi connectivity index (χ3n) is 10.3. The first kappa shape index (κ1) is 39.5. The predicted octanol–water partition coefficient (Wildman–Crippen LogP) is 3.42. The monoisotopic (exact) mass is 687 g/mol. The maximum atomic E-state index is 14.1. The Bertz CT molecular complexity index is 1470. The van der Waals surface area contributed by atoms with Crippen molar-refractivity contribution in [3.05, 3.63) is 47.1 Å². The van der Waals surface area contributed by atoms with Gasteiger partial charge >= 0.3 is 12.1 Å². The topological polar surface area (TPSA) is 164 Å². The van der Waals surface area contributed by atoms with Crippen LogP contribution in [-0.2, 0) is 35.0 Å². The molecule has 13 heteroatoms. The van der Waals surface area contributed by atoms with Crippen molar-refractivity contribution in [2.24, 2.45) is 11.8 Å². The van der Waals surface area contributed by atoms with Crippen molar-refractivity contribution in [2.75, 3.05) is 33.2 Å². The van der Waals surface area contributed by atoms with Crippen LogP contribution in [0.15, 0.2) is 35.9 Å². The number of nitrogens with zero attached hydrogens (tertiary/aromatic N) is 2. The molecule has 0 saturated carbocycles. The van der Waals surface area contributed by atoms with E-state index in [-0.39, 0.29) is 12.3 Å². The molecule has 49 heavy (non-hydrogen) atoms. The second-order valence-corrected chi connectivity index (χ2v) is 13.6. The van der Waals surface area contributed by atoms with Gasteiger partial charge < -0.3 is 39.0 Å². The predicted molar refractivity (Wildman–Crippen MR) is 183 cm³/mol. The molecule has 3 amide bonds. The van der Waals surface area contributed by atoms with E-state index >= 15 is 0 Å². The number of anilines is 1. The Hall–Kier alpha value is -3.94. The number of esters is 1. The summed E-state index contributed by atoms with van der Waals surface area (Å²) < 4.78 is 22.8. The maximum Gasteiger partial charge on any atom is 0.409 e. The quantitative estimate of drug-likeness (QED) is 0.391. The third kappa shape index (κ3) is 8.81. The van der Waals surface area contributed by atoms with Crippen LogP contribution in [0.3, 0.4) is 0 Å². The minimum atomic E-state index is -1.87. The molecular weight excluding hydrogens is 634 g/mol. The molecule has 272 valence electrons. The van der Waals surface area contributed by atoms with Crippen LogP contribution in [0.1, 0.15) is 65.5 Å². The van der Waals surface area contributed by atoms with Crippen molar-refractivity contribution in [3.8, 4) is 5.75 Å². The molecule has 0 radical (unpaired) electrons. The van der Waals surface area contributed by atoms with Gasteiger partial charge in [0.15, 0.2) is 5.72 Å². The minimum Gasteiger partial charge on any atom is -0.496 e. The van der Waals surface area contributed by atoms with E-state index in [1.54, 1.807) is 40.2 Å². The number of hydrogen-bond donors (Lipinski definition) is 3. The molecule has 1 fully saturated rings. The van der Waals surface area contributed by atoms with Gasteiger partial charge in [0, 0.05) is 40.1 Å². The number of amides is 3. The number of methoxy groups -OCH3 is 2. The molecule has 8 atom stereocenters. The fourth-order valence-corrected chi connectivity index (χ4v) is 6.36. The normalized spacial score (nSPS) is 32.1. The van der Waals surface area contributed by atoms with E-state index in [4.69, 9.17) is 18.9 Å². The van der Waals surface area contributed by atoms with Crippen molar-refractivity contribution < 1.29 is 48.3 Å². The van der Waals surface area contributed by atoms with Crippen LogP contribution >= 0.6 is 0 Å². The van der Waals surface area contributed by atoms with E-state index in [2.05, 4.69) is 5.32 Å². The lowest BCUT2D eigenvalue weighted by molar-refractivity contribution is -0.186. The average Bonchev–Trinajstić information content (AvgIpc) is 3.03. The van der Waals surface area contributed by atoms with Gasteiger partial charge in [-0.25, -0.2) is 9.59 Å².